The first-order valence-electron chi connectivity index (χ1n) is 7.37. The Bertz CT molecular complexity index is 845. The minimum absolute atomic E-state index is 0.100. The summed E-state index contributed by atoms with van der Waals surface area (Å²) >= 11 is 0. The van der Waals surface area contributed by atoms with Crippen LogP contribution in [0.5, 0.6) is 5.75 Å². The average Bonchev–Trinajstić information content (AvgIpc) is 2.65. The van der Waals surface area contributed by atoms with E-state index in [1.807, 2.05) is 6.07 Å². The molecule has 0 saturated heterocycles. The Morgan fingerprint density at radius 1 is 1.12 bits per heavy atom. The van der Waals surface area contributed by atoms with Crippen LogP contribution < -0.4 is 15.4 Å². The molecule has 0 fully saturated rings. The van der Waals surface area contributed by atoms with Crippen molar-refractivity contribution in [2.24, 2.45) is 0 Å². The first kappa shape index (κ1) is 17.6. The second-order valence-corrected chi connectivity index (χ2v) is 4.91. The molecule has 0 heterocycles. The summed E-state index contributed by atoms with van der Waals surface area (Å²) in [6.07, 6.45) is 5.12. The maximum absolute atomic E-state index is 12.0. The highest BCUT2D eigenvalue weighted by atomic mass is 16.5. The first-order chi connectivity index (χ1) is 12.1. The highest BCUT2D eigenvalue weighted by molar-refractivity contribution is 6.04. The number of rotatable bonds is 6. The van der Waals surface area contributed by atoms with E-state index in [9.17, 15) is 9.59 Å². The van der Waals surface area contributed by atoms with Crippen LogP contribution >= 0.6 is 0 Å². The number of para-hydroxylation sites is 1. The molecule has 0 aliphatic carbocycles. The number of nitriles is 1. The number of ether oxygens (including phenoxy) is 1. The summed E-state index contributed by atoms with van der Waals surface area (Å²) in [5.41, 5.74) is 1.18. The molecule has 0 aromatic heterocycles. The number of anilines is 1. The van der Waals surface area contributed by atoms with Crippen molar-refractivity contribution >= 4 is 17.5 Å². The molecule has 2 N–H and O–H groups in total. The quantitative estimate of drug-likeness (QED) is 0.790. The van der Waals surface area contributed by atoms with Gasteiger partial charge in [0, 0.05) is 0 Å². The van der Waals surface area contributed by atoms with Crippen LogP contribution in [0, 0.1) is 23.7 Å². The van der Waals surface area contributed by atoms with E-state index in [0.717, 1.165) is 0 Å². The Labute approximate surface area is 145 Å². The van der Waals surface area contributed by atoms with Crippen molar-refractivity contribution in [2.75, 3.05) is 18.5 Å². The molecule has 0 spiro atoms. The van der Waals surface area contributed by atoms with E-state index in [0.29, 0.717) is 22.6 Å². The minimum atomic E-state index is -0.415. The van der Waals surface area contributed by atoms with Crippen molar-refractivity contribution in [3.05, 3.63) is 59.7 Å². The normalized spacial score (nSPS) is 9.36. The van der Waals surface area contributed by atoms with Gasteiger partial charge in [0.2, 0.25) is 0 Å². The molecule has 2 amide bonds. The van der Waals surface area contributed by atoms with Crippen LogP contribution in [-0.4, -0.2) is 25.0 Å². The number of carbonyl (C=O) groups is 2. The summed E-state index contributed by atoms with van der Waals surface area (Å²) in [6, 6.07) is 15.0. The van der Waals surface area contributed by atoms with Crippen molar-refractivity contribution in [1.29, 1.82) is 5.26 Å². The standard InChI is InChI=1S/C19H15N3O3/c1-2-11-21-19(24)16-5-3-4-6-17(16)22-18(23)13-25-15-9-7-14(12-20)8-10-15/h1,3-10H,11,13H2,(H,21,24)(H,22,23). The van der Waals surface area contributed by atoms with Crippen molar-refractivity contribution in [2.45, 2.75) is 0 Å². The lowest BCUT2D eigenvalue weighted by Gasteiger charge is -2.11. The molecule has 0 aliphatic heterocycles. The van der Waals surface area contributed by atoms with E-state index in [-0.39, 0.29) is 19.1 Å². The van der Waals surface area contributed by atoms with Gasteiger partial charge >= 0.3 is 0 Å². The molecule has 25 heavy (non-hydrogen) atoms. The van der Waals surface area contributed by atoms with Crippen LogP contribution in [0.15, 0.2) is 48.5 Å². The lowest BCUT2D eigenvalue weighted by atomic mass is 10.1. The Hall–Kier alpha value is -3.77. The number of nitrogens with zero attached hydrogens (tertiary/aromatic N) is 1. The fourth-order valence-electron chi connectivity index (χ4n) is 1.98. The molecule has 0 saturated carbocycles. The third-order valence-electron chi connectivity index (χ3n) is 3.15. The topological polar surface area (TPSA) is 91.2 Å². The zero-order chi connectivity index (χ0) is 18.1. The van der Waals surface area contributed by atoms with Crippen LogP contribution in [0.1, 0.15) is 15.9 Å². The highest BCUT2D eigenvalue weighted by Gasteiger charge is 2.12. The monoisotopic (exact) mass is 333 g/mol. The summed E-state index contributed by atoms with van der Waals surface area (Å²) in [5, 5.41) is 13.9. The number of amides is 2. The number of hydrogen-bond donors (Lipinski definition) is 2. The summed E-state index contributed by atoms with van der Waals surface area (Å²) in [4.78, 5) is 24.1. The molecular formula is C19H15N3O3. The summed E-state index contributed by atoms with van der Waals surface area (Å²) < 4.78 is 5.36. The predicted molar refractivity (Wildman–Crippen MR) is 92.9 cm³/mol. The zero-order valence-corrected chi connectivity index (χ0v) is 13.3. The van der Waals surface area contributed by atoms with Crippen LogP contribution in [0.4, 0.5) is 5.69 Å². The van der Waals surface area contributed by atoms with Gasteiger partial charge in [-0.1, -0.05) is 18.1 Å². The van der Waals surface area contributed by atoms with Crippen molar-refractivity contribution < 1.29 is 14.3 Å². The van der Waals surface area contributed by atoms with Crippen molar-refractivity contribution in [1.82, 2.24) is 5.32 Å². The molecule has 0 aliphatic rings. The van der Waals surface area contributed by atoms with E-state index in [1.54, 1.807) is 48.5 Å². The van der Waals surface area contributed by atoms with Gasteiger partial charge in [0.25, 0.3) is 11.8 Å². The van der Waals surface area contributed by atoms with E-state index in [1.165, 1.54) is 0 Å². The predicted octanol–water partition coefficient (Wildman–Crippen LogP) is 1.94. The van der Waals surface area contributed by atoms with Gasteiger partial charge in [0.15, 0.2) is 6.61 Å². The second kappa shape index (κ2) is 8.76. The summed E-state index contributed by atoms with van der Waals surface area (Å²) in [6.45, 7) is -0.130. The molecule has 2 rings (SSSR count). The lowest BCUT2D eigenvalue weighted by molar-refractivity contribution is -0.118. The molecule has 0 atom stereocenters. The van der Waals surface area contributed by atoms with Crippen LogP contribution in [0.25, 0.3) is 0 Å². The second-order valence-electron chi connectivity index (χ2n) is 4.91. The lowest BCUT2D eigenvalue weighted by Crippen LogP contribution is -2.26. The molecule has 0 unspecified atom stereocenters. The maximum Gasteiger partial charge on any atom is 0.262 e. The molecular weight excluding hydrogens is 318 g/mol. The fourth-order valence-corrected chi connectivity index (χ4v) is 1.98. The van der Waals surface area contributed by atoms with Gasteiger partial charge in [0.1, 0.15) is 5.75 Å². The van der Waals surface area contributed by atoms with Gasteiger partial charge in [0.05, 0.1) is 29.4 Å². The van der Waals surface area contributed by atoms with Gasteiger partial charge in [-0.05, 0) is 36.4 Å². The number of carbonyl (C=O) groups excluding carboxylic acids is 2. The number of terminal acetylenes is 1. The van der Waals surface area contributed by atoms with Crippen LogP contribution in [-0.2, 0) is 4.79 Å². The molecule has 0 bridgehead atoms. The maximum atomic E-state index is 12.0. The third kappa shape index (κ3) is 5.12. The van der Waals surface area contributed by atoms with E-state index < -0.39 is 5.91 Å². The number of nitrogens with one attached hydrogen (secondary N) is 2. The molecule has 2 aromatic carbocycles. The van der Waals surface area contributed by atoms with Crippen molar-refractivity contribution in [3.63, 3.8) is 0 Å². The minimum Gasteiger partial charge on any atom is -0.484 e. The highest BCUT2D eigenvalue weighted by Crippen LogP contribution is 2.15. The smallest absolute Gasteiger partial charge is 0.262 e. The van der Waals surface area contributed by atoms with Crippen LogP contribution in [0.3, 0.4) is 0 Å². The van der Waals surface area contributed by atoms with Crippen molar-refractivity contribution in [3.8, 4) is 24.2 Å². The Kier molecular flexibility index (Phi) is 6.16. The fraction of sp³-hybridized carbons (Fsp3) is 0.105. The molecule has 124 valence electrons. The molecule has 6 nitrogen and oxygen atoms in total. The summed E-state index contributed by atoms with van der Waals surface area (Å²) in [7, 11) is 0. The zero-order valence-electron chi connectivity index (χ0n) is 13.3. The molecule has 6 heteroatoms. The van der Waals surface area contributed by atoms with Gasteiger partial charge in [-0.15, -0.1) is 6.42 Å². The SMILES string of the molecule is C#CCNC(=O)c1ccccc1NC(=O)COc1ccc(C#N)cc1. The molecule has 0 radical (unpaired) electrons. The van der Waals surface area contributed by atoms with Gasteiger partial charge < -0.3 is 15.4 Å². The largest absolute Gasteiger partial charge is 0.484 e. The first-order valence-corrected chi connectivity index (χ1v) is 7.37. The Balaban J connectivity index is 1.97. The van der Waals surface area contributed by atoms with E-state index in [2.05, 4.69) is 16.6 Å². The number of hydrogen-bond acceptors (Lipinski definition) is 4. The van der Waals surface area contributed by atoms with Gasteiger partial charge in [-0.2, -0.15) is 5.26 Å². The third-order valence-corrected chi connectivity index (χ3v) is 3.15. The average molecular weight is 333 g/mol. The van der Waals surface area contributed by atoms with Gasteiger partial charge in [-0.3, -0.25) is 9.59 Å². The Morgan fingerprint density at radius 3 is 2.52 bits per heavy atom. The van der Waals surface area contributed by atoms with Gasteiger partial charge in [-0.25, -0.2) is 0 Å². The van der Waals surface area contributed by atoms with E-state index >= 15 is 0 Å². The summed E-state index contributed by atoms with van der Waals surface area (Å²) in [5.74, 6) is 1.99. The molecule has 2 aromatic rings. The van der Waals surface area contributed by atoms with E-state index in [4.69, 9.17) is 16.4 Å². The van der Waals surface area contributed by atoms with Crippen LogP contribution in [0.2, 0.25) is 0 Å². The Morgan fingerprint density at radius 2 is 1.84 bits per heavy atom. The number of benzene rings is 2.